The Hall–Kier alpha value is -2.39. The maximum Gasteiger partial charge on any atom is 0.436 e. The fraction of sp³-hybridized carbons (Fsp3) is 0.421. The Labute approximate surface area is 170 Å². The van der Waals surface area contributed by atoms with Gasteiger partial charge in [0.2, 0.25) is 0 Å². The summed E-state index contributed by atoms with van der Waals surface area (Å²) in [7, 11) is 0. The summed E-state index contributed by atoms with van der Waals surface area (Å²) < 4.78 is 40.3. The van der Waals surface area contributed by atoms with E-state index in [4.69, 9.17) is 11.6 Å². The molecular weight excluding hydrogens is 409 g/mol. The van der Waals surface area contributed by atoms with Crippen molar-refractivity contribution in [3.8, 4) is 0 Å². The smallest absolute Gasteiger partial charge is 0.369 e. The number of alkyl halides is 3. The first-order chi connectivity index (χ1) is 13.6. The van der Waals surface area contributed by atoms with Gasteiger partial charge < -0.3 is 4.90 Å². The number of carbonyl (C=O) groups excluding carboxylic acids is 2. The number of carbonyl (C=O) groups is 2. The van der Waals surface area contributed by atoms with Crippen LogP contribution in [0.2, 0.25) is 5.02 Å². The fourth-order valence-corrected chi connectivity index (χ4v) is 3.62. The van der Waals surface area contributed by atoms with Crippen molar-refractivity contribution in [3.63, 3.8) is 0 Å². The van der Waals surface area contributed by atoms with Gasteiger partial charge in [-0.25, -0.2) is 4.68 Å². The second kappa shape index (κ2) is 8.16. The third kappa shape index (κ3) is 4.30. The molecule has 1 unspecified atom stereocenters. The monoisotopic (exact) mass is 428 g/mol. The molecule has 0 radical (unpaired) electrons. The molecule has 6 nitrogen and oxygen atoms in total. The number of nitrogens with zero attached hydrogens (tertiary/aromatic N) is 4. The van der Waals surface area contributed by atoms with Crippen molar-refractivity contribution in [2.75, 3.05) is 31.1 Å². The van der Waals surface area contributed by atoms with E-state index in [0.29, 0.717) is 38.0 Å². The van der Waals surface area contributed by atoms with Gasteiger partial charge >= 0.3 is 6.18 Å². The van der Waals surface area contributed by atoms with E-state index in [-0.39, 0.29) is 11.5 Å². The minimum absolute atomic E-state index is 0.0123. The van der Waals surface area contributed by atoms with Crippen LogP contribution in [0.4, 0.5) is 18.9 Å². The van der Waals surface area contributed by atoms with E-state index in [1.807, 2.05) is 12.1 Å². The van der Waals surface area contributed by atoms with Crippen molar-refractivity contribution < 1.29 is 22.8 Å². The molecule has 1 fully saturated rings. The molecule has 156 valence electrons. The van der Waals surface area contributed by atoms with E-state index in [1.165, 1.54) is 13.8 Å². The molecule has 0 N–H and O–H groups in total. The Morgan fingerprint density at radius 3 is 2.21 bits per heavy atom. The molecule has 1 atom stereocenters. The third-order valence-electron chi connectivity index (χ3n) is 5.05. The summed E-state index contributed by atoms with van der Waals surface area (Å²) in [5.41, 5.74) is 0.473. The van der Waals surface area contributed by atoms with Gasteiger partial charge in [0.1, 0.15) is 0 Å². The van der Waals surface area contributed by atoms with Crippen LogP contribution in [0.3, 0.4) is 0 Å². The molecule has 29 heavy (non-hydrogen) atoms. The molecule has 1 aromatic heterocycles. The molecule has 0 saturated carbocycles. The molecule has 2 aromatic rings. The van der Waals surface area contributed by atoms with E-state index in [1.54, 1.807) is 17.0 Å². The number of hydrogen-bond acceptors (Lipinski definition) is 5. The molecule has 1 aromatic carbocycles. The van der Waals surface area contributed by atoms with Crippen LogP contribution in [0.5, 0.6) is 0 Å². The molecule has 1 saturated heterocycles. The minimum Gasteiger partial charge on any atom is -0.369 e. The van der Waals surface area contributed by atoms with Gasteiger partial charge in [0, 0.05) is 37.4 Å². The number of benzene rings is 1. The second-order valence-electron chi connectivity index (χ2n) is 6.87. The van der Waals surface area contributed by atoms with Crippen molar-refractivity contribution in [2.24, 2.45) is 0 Å². The Morgan fingerprint density at radius 1 is 1.17 bits per heavy atom. The highest BCUT2D eigenvalue weighted by atomic mass is 35.5. The van der Waals surface area contributed by atoms with E-state index >= 15 is 0 Å². The Bertz CT molecular complexity index is 903. The molecule has 0 spiro atoms. The molecule has 0 amide bonds. The quantitative estimate of drug-likeness (QED) is 0.538. The first kappa shape index (κ1) is 21.3. The number of piperazine rings is 1. The highest BCUT2D eigenvalue weighted by Crippen LogP contribution is 2.36. The zero-order chi connectivity index (χ0) is 21.3. The average molecular weight is 429 g/mol. The molecule has 2 heterocycles. The zero-order valence-corrected chi connectivity index (χ0v) is 16.7. The lowest BCUT2D eigenvalue weighted by atomic mass is 10.1. The summed E-state index contributed by atoms with van der Waals surface area (Å²) in [6.07, 6.45) is -5.08. The minimum atomic E-state index is -4.69. The average Bonchev–Trinajstić information content (AvgIpc) is 2.98. The summed E-state index contributed by atoms with van der Waals surface area (Å²) in [4.78, 5) is 27.0. The summed E-state index contributed by atoms with van der Waals surface area (Å²) in [5.74, 6) is -0.0123. The first-order valence-electron chi connectivity index (χ1n) is 9.00. The molecule has 10 heteroatoms. The number of rotatable bonds is 5. The number of aldehydes is 1. The topological polar surface area (TPSA) is 58.4 Å². The standard InChI is InChI=1S/C19H20ClF3N4O2/c1-12-17(20)18(19(21,22)23)24-27(12)16(11-28)26-9-7-25(8-10-26)15-5-3-14(4-6-15)13(2)29/h3-6,11,16H,7-10H2,1-2H3. The number of ketones is 1. The predicted octanol–water partition coefficient (Wildman–Crippen LogP) is 3.59. The molecule has 0 aliphatic carbocycles. The zero-order valence-electron chi connectivity index (χ0n) is 15.9. The third-order valence-corrected chi connectivity index (χ3v) is 5.50. The van der Waals surface area contributed by atoms with E-state index in [0.717, 1.165) is 10.4 Å². The lowest BCUT2D eigenvalue weighted by Crippen LogP contribution is -2.49. The van der Waals surface area contributed by atoms with E-state index in [2.05, 4.69) is 10.00 Å². The summed E-state index contributed by atoms with van der Waals surface area (Å²) in [6, 6.07) is 7.23. The van der Waals surface area contributed by atoms with Gasteiger partial charge in [-0.15, -0.1) is 0 Å². The number of aromatic nitrogens is 2. The molecule has 1 aliphatic heterocycles. The molecule has 3 rings (SSSR count). The van der Waals surface area contributed by atoms with Gasteiger partial charge in [0.05, 0.1) is 10.7 Å². The van der Waals surface area contributed by atoms with Crippen molar-refractivity contribution in [1.29, 1.82) is 0 Å². The number of Topliss-reactive ketones (excluding diaryl/α,β-unsaturated/α-hetero) is 1. The highest BCUT2D eigenvalue weighted by Gasteiger charge is 2.39. The summed E-state index contributed by atoms with van der Waals surface area (Å²) >= 11 is 5.81. The SMILES string of the molecule is CC(=O)c1ccc(N2CCN(C(C=O)n3nc(C(F)(F)F)c(Cl)c3C)CC2)cc1. The normalized spacial score (nSPS) is 16.7. The highest BCUT2D eigenvalue weighted by molar-refractivity contribution is 6.32. The van der Waals surface area contributed by atoms with Crippen LogP contribution in [0.1, 0.15) is 34.8 Å². The van der Waals surface area contributed by atoms with Gasteiger partial charge in [-0.3, -0.25) is 14.5 Å². The van der Waals surface area contributed by atoms with Gasteiger partial charge in [-0.05, 0) is 38.1 Å². The van der Waals surface area contributed by atoms with Gasteiger partial charge in [-0.1, -0.05) is 11.6 Å². The van der Waals surface area contributed by atoms with Crippen LogP contribution in [-0.2, 0) is 11.0 Å². The van der Waals surface area contributed by atoms with Crippen molar-refractivity contribution >= 4 is 29.4 Å². The maximum atomic E-state index is 13.1. The van der Waals surface area contributed by atoms with Crippen LogP contribution >= 0.6 is 11.6 Å². The molecular formula is C19H20ClF3N4O2. The number of hydrogen-bond donors (Lipinski definition) is 0. The Kier molecular flexibility index (Phi) is 6.00. The lowest BCUT2D eigenvalue weighted by Gasteiger charge is -2.38. The molecule has 0 bridgehead atoms. The molecule has 1 aliphatic rings. The first-order valence-corrected chi connectivity index (χ1v) is 9.38. The Balaban J connectivity index is 1.74. The summed E-state index contributed by atoms with van der Waals surface area (Å²) in [6.45, 7) is 4.97. The van der Waals surface area contributed by atoms with Crippen molar-refractivity contribution in [1.82, 2.24) is 14.7 Å². The Morgan fingerprint density at radius 2 is 1.76 bits per heavy atom. The van der Waals surface area contributed by atoms with Gasteiger partial charge in [0.15, 0.2) is 23.9 Å². The van der Waals surface area contributed by atoms with E-state index in [9.17, 15) is 22.8 Å². The van der Waals surface area contributed by atoms with Crippen LogP contribution in [-0.4, -0.2) is 52.9 Å². The van der Waals surface area contributed by atoms with Crippen LogP contribution in [0.15, 0.2) is 24.3 Å². The van der Waals surface area contributed by atoms with Crippen molar-refractivity contribution in [2.45, 2.75) is 26.2 Å². The largest absolute Gasteiger partial charge is 0.436 e. The van der Waals surface area contributed by atoms with Crippen LogP contribution in [0.25, 0.3) is 0 Å². The van der Waals surface area contributed by atoms with Gasteiger partial charge in [-0.2, -0.15) is 18.3 Å². The van der Waals surface area contributed by atoms with E-state index < -0.39 is 23.1 Å². The lowest BCUT2D eigenvalue weighted by molar-refractivity contribution is -0.142. The van der Waals surface area contributed by atoms with Crippen LogP contribution < -0.4 is 4.90 Å². The predicted molar refractivity (Wildman–Crippen MR) is 102 cm³/mol. The summed E-state index contributed by atoms with van der Waals surface area (Å²) in [5, 5.41) is 3.08. The fourth-order valence-electron chi connectivity index (χ4n) is 3.39. The van der Waals surface area contributed by atoms with Gasteiger partial charge in [0.25, 0.3) is 0 Å². The van der Waals surface area contributed by atoms with Crippen molar-refractivity contribution in [3.05, 3.63) is 46.2 Å². The number of halogens is 4. The maximum absolute atomic E-state index is 13.1. The second-order valence-corrected chi connectivity index (χ2v) is 7.24. The number of anilines is 1. The van der Waals surface area contributed by atoms with Crippen LogP contribution in [0, 0.1) is 6.92 Å².